The zero-order valence-corrected chi connectivity index (χ0v) is 8.37. The third kappa shape index (κ3) is 1.94. The normalized spacial score (nSPS) is 9.57. The van der Waals surface area contributed by atoms with Crippen LogP contribution in [0.3, 0.4) is 0 Å². The Kier molecular flexibility index (Phi) is 3.30. The third-order valence-corrected chi connectivity index (χ3v) is 2.06. The van der Waals surface area contributed by atoms with Crippen LogP contribution in [0.2, 0.25) is 0 Å². The molecule has 0 unspecified atom stereocenters. The molecule has 0 aromatic heterocycles. The summed E-state index contributed by atoms with van der Waals surface area (Å²) in [6.07, 6.45) is 1.75. The molecule has 2 nitrogen and oxygen atoms in total. The van der Waals surface area contributed by atoms with Crippen LogP contribution in [0, 0.1) is 17.2 Å². The van der Waals surface area contributed by atoms with Crippen LogP contribution in [0.15, 0.2) is 30.9 Å². The maximum atomic E-state index is 8.75. The summed E-state index contributed by atoms with van der Waals surface area (Å²) in [5.74, 6) is 1.76. The van der Waals surface area contributed by atoms with Gasteiger partial charge in [0.2, 0.25) is 0 Å². The number of hydrogen-bond donors (Lipinski definition) is 0. The Morgan fingerprint density at radius 3 is 2.79 bits per heavy atom. The van der Waals surface area contributed by atoms with E-state index in [9.17, 15) is 0 Å². The van der Waals surface area contributed by atoms with Gasteiger partial charge in [-0.3, -0.25) is 0 Å². The maximum Gasteiger partial charge on any atom is 0.123 e. The zero-order chi connectivity index (χ0) is 10.6. The minimum Gasteiger partial charge on any atom is -0.496 e. The summed E-state index contributed by atoms with van der Waals surface area (Å²) >= 11 is 0. The van der Waals surface area contributed by atoms with Gasteiger partial charge in [-0.25, -0.2) is 0 Å². The average molecular weight is 186 g/mol. The Morgan fingerprint density at radius 2 is 2.29 bits per heavy atom. The van der Waals surface area contributed by atoms with Crippen molar-refractivity contribution in [2.75, 3.05) is 7.11 Å². The van der Waals surface area contributed by atoms with Gasteiger partial charge in [-0.05, 0) is 18.2 Å². The van der Waals surface area contributed by atoms with E-state index in [4.69, 9.17) is 10.00 Å². The van der Waals surface area contributed by atoms with Crippen molar-refractivity contribution < 1.29 is 4.74 Å². The molecule has 0 fully saturated rings. The molecule has 0 atom stereocenters. The number of benzene rings is 1. The molecule has 0 amide bonds. The number of hydrogen-bond acceptors (Lipinski definition) is 2. The molecule has 0 saturated heterocycles. The van der Waals surface area contributed by atoms with Crippen LogP contribution in [0.4, 0.5) is 0 Å². The predicted octanol–water partition coefficient (Wildman–Crippen LogP) is 2.70. The van der Waals surface area contributed by atoms with Gasteiger partial charge in [-0.2, -0.15) is 5.26 Å². The quantitative estimate of drug-likeness (QED) is 0.727. The standard InChI is InChI=1S/C12H12NO/c1-4-9(2)11-7-10(8-13)5-6-12(11)14-3/h4-7H,1H2,2-3H3. The summed E-state index contributed by atoms with van der Waals surface area (Å²) < 4.78 is 5.19. The molecule has 0 N–H and O–H groups in total. The summed E-state index contributed by atoms with van der Waals surface area (Å²) in [6.45, 7) is 5.63. The molecular weight excluding hydrogens is 174 g/mol. The Bertz CT molecular complexity index is 376. The van der Waals surface area contributed by atoms with E-state index < -0.39 is 0 Å². The second kappa shape index (κ2) is 4.48. The molecule has 0 aliphatic carbocycles. The molecular formula is C12H12NO. The topological polar surface area (TPSA) is 33.0 Å². The minimum atomic E-state index is 0.627. The molecule has 1 aromatic rings. The highest BCUT2D eigenvalue weighted by atomic mass is 16.5. The zero-order valence-electron chi connectivity index (χ0n) is 8.37. The van der Waals surface area contributed by atoms with Crippen molar-refractivity contribution in [1.82, 2.24) is 0 Å². The molecule has 1 rings (SSSR count). The number of ether oxygens (including phenoxy) is 1. The molecule has 0 heterocycles. The first-order valence-electron chi connectivity index (χ1n) is 4.27. The van der Waals surface area contributed by atoms with Crippen LogP contribution in [-0.4, -0.2) is 7.11 Å². The SMILES string of the molecule is C=C[C](C)c1cc(C#N)ccc1OC. The van der Waals surface area contributed by atoms with Crippen LogP contribution >= 0.6 is 0 Å². The van der Waals surface area contributed by atoms with E-state index in [-0.39, 0.29) is 0 Å². The van der Waals surface area contributed by atoms with Crippen LogP contribution in [0.5, 0.6) is 5.75 Å². The van der Waals surface area contributed by atoms with Gasteiger partial charge in [0, 0.05) is 11.5 Å². The lowest BCUT2D eigenvalue weighted by molar-refractivity contribution is 0.411. The Hall–Kier alpha value is -1.75. The molecule has 0 bridgehead atoms. The van der Waals surface area contributed by atoms with Gasteiger partial charge in [-0.15, -0.1) is 6.58 Å². The molecule has 0 aliphatic heterocycles. The van der Waals surface area contributed by atoms with Crippen LogP contribution in [0.25, 0.3) is 0 Å². The first-order valence-corrected chi connectivity index (χ1v) is 4.27. The molecule has 0 saturated carbocycles. The number of methoxy groups -OCH3 is 1. The van der Waals surface area contributed by atoms with Gasteiger partial charge in [0.1, 0.15) is 5.75 Å². The number of rotatable bonds is 3. The van der Waals surface area contributed by atoms with Crippen molar-refractivity contribution in [1.29, 1.82) is 5.26 Å². The third-order valence-electron chi connectivity index (χ3n) is 2.06. The lowest BCUT2D eigenvalue weighted by atomic mass is 9.98. The molecule has 14 heavy (non-hydrogen) atoms. The van der Waals surface area contributed by atoms with E-state index in [1.54, 1.807) is 31.4 Å². The van der Waals surface area contributed by atoms with E-state index in [2.05, 4.69) is 12.6 Å². The predicted molar refractivity (Wildman–Crippen MR) is 55.9 cm³/mol. The van der Waals surface area contributed by atoms with E-state index in [1.807, 2.05) is 6.92 Å². The summed E-state index contributed by atoms with van der Waals surface area (Å²) in [5, 5.41) is 8.75. The number of nitrogens with zero attached hydrogens (tertiary/aromatic N) is 1. The summed E-state index contributed by atoms with van der Waals surface area (Å²) in [5.41, 5.74) is 1.54. The first kappa shape index (κ1) is 10.3. The fraction of sp³-hybridized carbons (Fsp3) is 0.167. The fourth-order valence-corrected chi connectivity index (χ4v) is 1.20. The Labute approximate surface area is 84.4 Å². The summed E-state index contributed by atoms with van der Waals surface area (Å²) in [4.78, 5) is 0. The van der Waals surface area contributed by atoms with Crippen molar-refractivity contribution in [3.8, 4) is 11.8 Å². The van der Waals surface area contributed by atoms with Crippen molar-refractivity contribution in [2.24, 2.45) is 0 Å². The number of allylic oxidation sites excluding steroid dienone is 1. The molecule has 0 spiro atoms. The largest absolute Gasteiger partial charge is 0.496 e. The van der Waals surface area contributed by atoms with Crippen molar-refractivity contribution >= 4 is 0 Å². The van der Waals surface area contributed by atoms with Crippen LogP contribution < -0.4 is 4.74 Å². The highest BCUT2D eigenvalue weighted by Crippen LogP contribution is 2.27. The van der Waals surface area contributed by atoms with Crippen LogP contribution in [-0.2, 0) is 0 Å². The Balaban J connectivity index is 3.22. The van der Waals surface area contributed by atoms with Crippen molar-refractivity contribution in [3.05, 3.63) is 47.9 Å². The summed E-state index contributed by atoms with van der Waals surface area (Å²) in [6, 6.07) is 7.42. The van der Waals surface area contributed by atoms with Gasteiger partial charge in [-0.1, -0.05) is 13.0 Å². The minimum absolute atomic E-state index is 0.627. The van der Waals surface area contributed by atoms with Gasteiger partial charge < -0.3 is 4.74 Å². The van der Waals surface area contributed by atoms with Crippen molar-refractivity contribution in [3.63, 3.8) is 0 Å². The van der Waals surface area contributed by atoms with Crippen LogP contribution in [0.1, 0.15) is 18.1 Å². The second-order valence-electron chi connectivity index (χ2n) is 2.91. The highest BCUT2D eigenvalue weighted by molar-refractivity contribution is 5.50. The van der Waals surface area contributed by atoms with Gasteiger partial charge in [0.05, 0.1) is 18.7 Å². The van der Waals surface area contributed by atoms with E-state index in [0.717, 1.165) is 17.2 Å². The monoisotopic (exact) mass is 186 g/mol. The van der Waals surface area contributed by atoms with E-state index >= 15 is 0 Å². The number of nitriles is 1. The van der Waals surface area contributed by atoms with E-state index in [1.165, 1.54) is 0 Å². The Morgan fingerprint density at radius 1 is 1.57 bits per heavy atom. The smallest absolute Gasteiger partial charge is 0.123 e. The van der Waals surface area contributed by atoms with Gasteiger partial charge in [0.15, 0.2) is 0 Å². The second-order valence-corrected chi connectivity index (χ2v) is 2.91. The van der Waals surface area contributed by atoms with Gasteiger partial charge in [0.25, 0.3) is 0 Å². The maximum absolute atomic E-state index is 8.75. The summed E-state index contributed by atoms with van der Waals surface area (Å²) in [7, 11) is 1.61. The molecule has 0 aliphatic rings. The molecule has 1 aromatic carbocycles. The average Bonchev–Trinajstić information content (AvgIpc) is 2.27. The van der Waals surface area contributed by atoms with E-state index in [0.29, 0.717) is 5.56 Å². The first-order chi connectivity index (χ1) is 6.72. The molecule has 2 heteroatoms. The fourth-order valence-electron chi connectivity index (χ4n) is 1.20. The molecule has 1 radical (unpaired) electrons. The lowest BCUT2D eigenvalue weighted by Crippen LogP contribution is -1.96. The van der Waals surface area contributed by atoms with Crippen molar-refractivity contribution in [2.45, 2.75) is 6.92 Å². The van der Waals surface area contributed by atoms with Gasteiger partial charge >= 0.3 is 0 Å². The lowest BCUT2D eigenvalue weighted by Gasteiger charge is -2.11. The molecule has 71 valence electrons. The highest BCUT2D eigenvalue weighted by Gasteiger charge is 2.09.